The summed E-state index contributed by atoms with van der Waals surface area (Å²) in [6.07, 6.45) is 0.509. The zero-order valence-electron chi connectivity index (χ0n) is 7.41. The number of halogens is 2. The summed E-state index contributed by atoms with van der Waals surface area (Å²) < 4.78 is 0. The molecular formula is C10H10Cl2O2. The maximum absolute atomic E-state index is 10.3. The van der Waals surface area contributed by atoms with E-state index in [1.165, 1.54) is 0 Å². The molecule has 0 aromatic heterocycles. The van der Waals surface area contributed by atoms with Crippen LogP contribution in [0.3, 0.4) is 0 Å². The first kappa shape index (κ1) is 11.3. The number of aliphatic carboxylic acids is 1. The third-order valence-corrected chi connectivity index (χ3v) is 2.57. The highest BCUT2D eigenvalue weighted by Gasteiger charge is 2.09. The highest BCUT2D eigenvalue weighted by molar-refractivity contribution is 6.30. The Morgan fingerprint density at radius 2 is 1.93 bits per heavy atom. The van der Waals surface area contributed by atoms with Crippen molar-refractivity contribution in [1.82, 2.24) is 0 Å². The van der Waals surface area contributed by atoms with Crippen molar-refractivity contribution in [3.63, 3.8) is 0 Å². The Hall–Kier alpha value is -0.730. The molecule has 0 radical (unpaired) electrons. The summed E-state index contributed by atoms with van der Waals surface area (Å²) in [6, 6.07) is 7.10. The van der Waals surface area contributed by atoms with Crippen LogP contribution in [0.15, 0.2) is 24.3 Å². The predicted octanol–water partition coefficient (Wildman–Crippen LogP) is 3.48. The van der Waals surface area contributed by atoms with Gasteiger partial charge in [0.2, 0.25) is 0 Å². The van der Waals surface area contributed by atoms with Crippen molar-refractivity contribution in [1.29, 1.82) is 0 Å². The lowest BCUT2D eigenvalue weighted by Crippen LogP contribution is -1.98. The molecule has 0 amide bonds. The molecule has 0 bridgehead atoms. The molecule has 0 aliphatic heterocycles. The fourth-order valence-corrected chi connectivity index (χ4v) is 1.47. The van der Waals surface area contributed by atoms with E-state index in [1.54, 1.807) is 12.1 Å². The molecule has 1 atom stereocenters. The number of hydrogen-bond donors (Lipinski definition) is 1. The van der Waals surface area contributed by atoms with Crippen LogP contribution in [0.4, 0.5) is 0 Å². The normalized spacial score (nSPS) is 12.4. The molecule has 0 aliphatic carbocycles. The first-order valence-corrected chi connectivity index (χ1v) is 5.02. The first-order chi connectivity index (χ1) is 6.59. The van der Waals surface area contributed by atoms with E-state index in [-0.39, 0.29) is 11.8 Å². The van der Waals surface area contributed by atoms with Gasteiger partial charge in [-0.2, -0.15) is 0 Å². The zero-order chi connectivity index (χ0) is 10.6. The lowest BCUT2D eigenvalue weighted by Gasteiger charge is -2.07. The van der Waals surface area contributed by atoms with Gasteiger partial charge in [0.05, 0.1) is 5.38 Å². The molecule has 0 spiro atoms. The molecule has 1 N–H and O–H groups in total. The molecular weight excluding hydrogens is 223 g/mol. The quantitative estimate of drug-likeness (QED) is 0.808. The summed E-state index contributed by atoms with van der Waals surface area (Å²) in [5.74, 6) is -0.829. The van der Waals surface area contributed by atoms with Crippen LogP contribution in [-0.2, 0) is 4.79 Å². The Kier molecular flexibility index (Phi) is 4.23. The number of carboxylic acid groups (broad SMARTS) is 1. The van der Waals surface area contributed by atoms with Gasteiger partial charge in [0.1, 0.15) is 0 Å². The van der Waals surface area contributed by atoms with Gasteiger partial charge >= 0.3 is 5.97 Å². The molecule has 0 heterocycles. The molecule has 2 nitrogen and oxygen atoms in total. The predicted molar refractivity (Wildman–Crippen MR) is 56.9 cm³/mol. The second-order valence-corrected chi connectivity index (χ2v) is 3.91. The fraction of sp³-hybridized carbons (Fsp3) is 0.300. The SMILES string of the molecule is O=C(O)CCC(Cl)c1ccc(Cl)cc1. The second kappa shape index (κ2) is 5.23. The minimum Gasteiger partial charge on any atom is -0.481 e. The van der Waals surface area contributed by atoms with Crippen LogP contribution in [0.1, 0.15) is 23.8 Å². The number of carbonyl (C=O) groups is 1. The van der Waals surface area contributed by atoms with Crippen LogP contribution >= 0.6 is 23.2 Å². The van der Waals surface area contributed by atoms with E-state index < -0.39 is 5.97 Å². The standard InChI is InChI=1S/C10H10Cl2O2/c11-8-3-1-7(2-4-8)9(12)5-6-10(13)14/h1-4,9H,5-6H2,(H,13,14). The van der Waals surface area contributed by atoms with Crippen LogP contribution in [0.2, 0.25) is 5.02 Å². The molecule has 1 aromatic rings. The van der Waals surface area contributed by atoms with E-state index in [1.807, 2.05) is 12.1 Å². The van der Waals surface area contributed by atoms with E-state index in [0.29, 0.717) is 11.4 Å². The molecule has 1 unspecified atom stereocenters. The van der Waals surface area contributed by atoms with Gasteiger partial charge < -0.3 is 5.11 Å². The zero-order valence-corrected chi connectivity index (χ0v) is 8.92. The molecule has 76 valence electrons. The minimum absolute atomic E-state index is 0.0802. The van der Waals surface area contributed by atoms with E-state index in [9.17, 15) is 4.79 Å². The van der Waals surface area contributed by atoms with E-state index in [4.69, 9.17) is 28.3 Å². The number of benzene rings is 1. The van der Waals surface area contributed by atoms with Crippen molar-refractivity contribution in [3.8, 4) is 0 Å². The highest BCUT2D eigenvalue weighted by atomic mass is 35.5. The summed E-state index contributed by atoms with van der Waals surface area (Å²) in [5.41, 5.74) is 0.900. The maximum atomic E-state index is 10.3. The number of rotatable bonds is 4. The fourth-order valence-electron chi connectivity index (χ4n) is 1.09. The van der Waals surface area contributed by atoms with E-state index in [0.717, 1.165) is 5.56 Å². The van der Waals surface area contributed by atoms with Gasteiger partial charge in [0.25, 0.3) is 0 Å². The maximum Gasteiger partial charge on any atom is 0.303 e. The van der Waals surface area contributed by atoms with E-state index in [2.05, 4.69) is 0 Å². The Labute approximate surface area is 92.5 Å². The number of carboxylic acids is 1. The summed E-state index contributed by atoms with van der Waals surface area (Å²) in [7, 11) is 0. The largest absolute Gasteiger partial charge is 0.481 e. The third-order valence-electron chi connectivity index (χ3n) is 1.84. The molecule has 1 rings (SSSR count). The summed E-state index contributed by atoms with van der Waals surface area (Å²) in [5, 5.41) is 8.86. The molecule has 1 aromatic carbocycles. The minimum atomic E-state index is -0.829. The van der Waals surface area contributed by atoms with Gasteiger partial charge in [-0.15, -0.1) is 11.6 Å². The first-order valence-electron chi connectivity index (χ1n) is 4.21. The van der Waals surface area contributed by atoms with Crippen molar-refractivity contribution >= 4 is 29.2 Å². The average Bonchev–Trinajstić information content (AvgIpc) is 2.15. The third kappa shape index (κ3) is 3.56. The van der Waals surface area contributed by atoms with Crippen LogP contribution in [0.5, 0.6) is 0 Å². The van der Waals surface area contributed by atoms with Gasteiger partial charge in [-0.25, -0.2) is 0 Å². The highest BCUT2D eigenvalue weighted by Crippen LogP contribution is 2.26. The van der Waals surface area contributed by atoms with Crippen LogP contribution in [-0.4, -0.2) is 11.1 Å². The van der Waals surface area contributed by atoms with Crippen molar-refractivity contribution in [2.45, 2.75) is 18.2 Å². The Bertz CT molecular complexity index is 308. The molecule has 14 heavy (non-hydrogen) atoms. The van der Waals surface area contributed by atoms with Crippen molar-refractivity contribution in [2.24, 2.45) is 0 Å². The molecule has 0 aliphatic rings. The van der Waals surface area contributed by atoms with Crippen LogP contribution < -0.4 is 0 Å². The molecule has 4 heteroatoms. The molecule has 0 saturated heterocycles. The van der Waals surface area contributed by atoms with Gasteiger partial charge in [-0.3, -0.25) is 4.79 Å². The average molecular weight is 233 g/mol. The van der Waals surface area contributed by atoms with Gasteiger partial charge in [0.15, 0.2) is 0 Å². The van der Waals surface area contributed by atoms with Gasteiger partial charge in [0, 0.05) is 11.4 Å². The lowest BCUT2D eigenvalue weighted by atomic mass is 10.1. The van der Waals surface area contributed by atoms with Crippen LogP contribution in [0.25, 0.3) is 0 Å². The Balaban J connectivity index is 2.56. The molecule has 0 saturated carbocycles. The smallest absolute Gasteiger partial charge is 0.303 e. The van der Waals surface area contributed by atoms with Crippen molar-refractivity contribution < 1.29 is 9.90 Å². The summed E-state index contributed by atoms with van der Waals surface area (Å²) in [6.45, 7) is 0. The molecule has 0 fully saturated rings. The second-order valence-electron chi connectivity index (χ2n) is 2.95. The Morgan fingerprint density at radius 1 is 1.36 bits per heavy atom. The number of alkyl halides is 1. The van der Waals surface area contributed by atoms with Crippen molar-refractivity contribution in [2.75, 3.05) is 0 Å². The number of hydrogen-bond acceptors (Lipinski definition) is 1. The van der Waals surface area contributed by atoms with Gasteiger partial charge in [-0.05, 0) is 24.1 Å². The van der Waals surface area contributed by atoms with Crippen molar-refractivity contribution in [3.05, 3.63) is 34.9 Å². The van der Waals surface area contributed by atoms with Crippen LogP contribution in [0, 0.1) is 0 Å². The summed E-state index contributed by atoms with van der Waals surface area (Å²) in [4.78, 5) is 10.3. The summed E-state index contributed by atoms with van der Waals surface area (Å²) >= 11 is 11.7. The monoisotopic (exact) mass is 232 g/mol. The van der Waals surface area contributed by atoms with Gasteiger partial charge in [-0.1, -0.05) is 23.7 Å². The van der Waals surface area contributed by atoms with E-state index >= 15 is 0 Å². The topological polar surface area (TPSA) is 37.3 Å². The lowest BCUT2D eigenvalue weighted by molar-refractivity contribution is -0.137. The Morgan fingerprint density at radius 3 is 2.43 bits per heavy atom.